The van der Waals surface area contributed by atoms with E-state index >= 15 is 0 Å². The number of carboxylic acids is 1. The quantitative estimate of drug-likeness (QED) is 0.785. The van der Waals surface area contributed by atoms with Crippen molar-refractivity contribution in [1.82, 2.24) is 0 Å². The van der Waals surface area contributed by atoms with E-state index in [1.807, 2.05) is 4.72 Å². The Kier molecular flexibility index (Phi) is 4.65. The van der Waals surface area contributed by atoms with Gasteiger partial charge in [-0.25, -0.2) is 16.8 Å². The molecule has 1 aromatic rings. The highest BCUT2D eigenvalue weighted by atomic mass is 32.2. The number of sulfone groups is 1. The van der Waals surface area contributed by atoms with Crippen molar-refractivity contribution in [1.29, 1.82) is 0 Å². The smallest absolute Gasteiger partial charge is 0.341 e. The van der Waals surface area contributed by atoms with E-state index in [0.29, 0.717) is 0 Å². The molecule has 0 saturated heterocycles. The average molecular weight is 329 g/mol. The van der Waals surface area contributed by atoms with Crippen LogP contribution in [0.25, 0.3) is 0 Å². The number of rotatable bonds is 6. The third-order valence-corrected chi connectivity index (χ3v) is 4.58. The van der Waals surface area contributed by atoms with E-state index in [9.17, 15) is 30.4 Å². The molecule has 0 fully saturated rings. The van der Waals surface area contributed by atoms with Crippen molar-refractivity contribution < 1.29 is 35.5 Å². The summed E-state index contributed by atoms with van der Waals surface area (Å²) in [4.78, 5) is 9.61. The van der Waals surface area contributed by atoms with Gasteiger partial charge in [0.05, 0.1) is 4.90 Å². The molecule has 7 nitrogen and oxygen atoms in total. The van der Waals surface area contributed by atoms with E-state index in [2.05, 4.69) is 0 Å². The number of carbonyl (C=O) groups is 1. The van der Waals surface area contributed by atoms with Crippen LogP contribution in [0.5, 0.6) is 0 Å². The molecular formula is C9H9F2NO6S2. The van der Waals surface area contributed by atoms with Gasteiger partial charge in [-0.05, 0) is 24.3 Å². The van der Waals surface area contributed by atoms with Gasteiger partial charge in [0.25, 0.3) is 0 Å². The van der Waals surface area contributed by atoms with Crippen molar-refractivity contribution in [2.24, 2.45) is 0 Å². The van der Waals surface area contributed by atoms with E-state index in [-0.39, 0.29) is 5.69 Å². The topological polar surface area (TPSA) is 118 Å². The number of nitrogens with one attached hydrogen (secondary N) is 1. The van der Waals surface area contributed by atoms with Crippen LogP contribution in [-0.4, -0.2) is 39.4 Å². The van der Waals surface area contributed by atoms with E-state index in [1.165, 1.54) is 0 Å². The highest BCUT2D eigenvalue weighted by Gasteiger charge is 2.26. The molecule has 0 aliphatic rings. The van der Waals surface area contributed by atoms with Crippen LogP contribution in [0.3, 0.4) is 0 Å². The average Bonchev–Trinajstić information content (AvgIpc) is 2.26. The fraction of sp³-hybridized carbons (Fsp3) is 0.222. The molecule has 0 radical (unpaired) electrons. The van der Waals surface area contributed by atoms with Crippen LogP contribution in [0.15, 0.2) is 29.2 Å². The number of aliphatic carboxylic acids is 1. The van der Waals surface area contributed by atoms with Crippen LogP contribution < -0.4 is 4.72 Å². The molecule has 2 N–H and O–H groups in total. The zero-order valence-corrected chi connectivity index (χ0v) is 11.3. The van der Waals surface area contributed by atoms with Gasteiger partial charge in [0.15, 0.2) is 5.75 Å². The van der Waals surface area contributed by atoms with Crippen LogP contribution >= 0.6 is 0 Å². The molecule has 0 aliphatic heterocycles. The normalized spacial score (nSPS) is 12.3. The Morgan fingerprint density at radius 3 is 2.05 bits per heavy atom. The predicted octanol–water partition coefficient (Wildman–Crippen LogP) is 0.509. The van der Waals surface area contributed by atoms with Crippen molar-refractivity contribution >= 4 is 31.5 Å². The van der Waals surface area contributed by atoms with Gasteiger partial charge in [-0.2, -0.15) is 8.78 Å². The predicted molar refractivity (Wildman–Crippen MR) is 64.7 cm³/mol. The van der Waals surface area contributed by atoms with Gasteiger partial charge < -0.3 is 5.11 Å². The summed E-state index contributed by atoms with van der Waals surface area (Å²) in [5.41, 5.74) is -0.139. The second-order valence-corrected chi connectivity index (χ2v) is 7.22. The van der Waals surface area contributed by atoms with Crippen molar-refractivity contribution in [3.8, 4) is 0 Å². The Balaban J connectivity index is 2.97. The van der Waals surface area contributed by atoms with Gasteiger partial charge in [-0.1, -0.05) is 0 Å². The largest absolute Gasteiger partial charge is 0.480 e. The first kappa shape index (κ1) is 16.3. The minimum atomic E-state index is -4.76. The number of alkyl halides is 2. The fourth-order valence-corrected chi connectivity index (χ4v) is 2.81. The molecule has 20 heavy (non-hydrogen) atoms. The van der Waals surface area contributed by atoms with Gasteiger partial charge >= 0.3 is 11.7 Å². The number of anilines is 1. The lowest BCUT2D eigenvalue weighted by Gasteiger charge is -2.07. The first-order valence-electron chi connectivity index (χ1n) is 4.89. The van der Waals surface area contributed by atoms with Crippen LogP contribution in [0.1, 0.15) is 0 Å². The Hall–Kier alpha value is -1.75. The maximum Gasteiger partial charge on any atom is 0.341 e. The minimum Gasteiger partial charge on any atom is -0.480 e. The number of hydrogen-bond donors (Lipinski definition) is 2. The molecule has 0 spiro atoms. The zero-order valence-electron chi connectivity index (χ0n) is 9.65. The zero-order chi connectivity index (χ0) is 15.6. The van der Waals surface area contributed by atoms with Crippen LogP contribution in [0.2, 0.25) is 0 Å². The molecule has 1 rings (SSSR count). The highest BCUT2D eigenvalue weighted by molar-refractivity contribution is 7.93. The van der Waals surface area contributed by atoms with Crippen molar-refractivity contribution in [2.75, 3.05) is 10.5 Å². The van der Waals surface area contributed by atoms with E-state index in [4.69, 9.17) is 5.11 Å². The minimum absolute atomic E-state index is 0.139. The summed E-state index contributed by atoms with van der Waals surface area (Å²) in [7, 11) is -8.91. The molecule has 0 aliphatic carbocycles. The van der Waals surface area contributed by atoms with Crippen LogP contribution in [-0.2, 0) is 24.7 Å². The second kappa shape index (κ2) is 5.71. The van der Waals surface area contributed by atoms with E-state index < -0.39 is 42.2 Å². The van der Waals surface area contributed by atoms with Crippen molar-refractivity contribution in [3.63, 3.8) is 0 Å². The SMILES string of the molecule is O=C(O)CS(=O)(=O)Nc1ccc(S(=O)(=O)C(F)F)cc1. The summed E-state index contributed by atoms with van der Waals surface area (Å²) in [6.45, 7) is 0. The summed E-state index contributed by atoms with van der Waals surface area (Å²) >= 11 is 0. The molecule has 0 unspecified atom stereocenters. The fourth-order valence-electron chi connectivity index (χ4n) is 1.19. The lowest BCUT2D eigenvalue weighted by Crippen LogP contribution is -2.22. The number of carboxylic acid groups (broad SMARTS) is 1. The molecule has 0 atom stereocenters. The summed E-state index contributed by atoms with van der Waals surface area (Å²) in [5.74, 6) is -6.34. The first-order valence-corrected chi connectivity index (χ1v) is 8.09. The Labute approximate surface area is 113 Å². The molecular weight excluding hydrogens is 320 g/mol. The number of hydrogen-bond acceptors (Lipinski definition) is 5. The standard InChI is InChI=1S/C9H9F2NO6S2/c10-9(11)20(17,18)7-3-1-6(2-4-7)12-19(15,16)5-8(13)14/h1-4,9,12H,5H2,(H,13,14). The van der Waals surface area contributed by atoms with Crippen LogP contribution in [0, 0.1) is 0 Å². The van der Waals surface area contributed by atoms with Crippen LogP contribution in [0.4, 0.5) is 14.5 Å². The molecule has 1 aromatic carbocycles. The molecule has 0 bridgehead atoms. The summed E-state index contributed by atoms with van der Waals surface area (Å²) < 4.78 is 71.1. The van der Waals surface area contributed by atoms with Gasteiger partial charge in [0.2, 0.25) is 19.9 Å². The first-order chi connectivity index (χ1) is 9.04. The van der Waals surface area contributed by atoms with Gasteiger partial charge in [0, 0.05) is 5.69 Å². The monoisotopic (exact) mass is 329 g/mol. The molecule has 112 valence electrons. The maximum atomic E-state index is 12.2. The Morgan fingerprint density at radius 1 is 1.15 bits per heavy atom. The third-order valence-electron chi connectivity index (χ3n) is 2.00. The molecule has 0 aromatic heterocycles. The van der Waals surface area contributed by atoms with E-state index in [1.54, 1.807) is 0 Å². The Morgan fingerprint density at radius 2 is 1.65 bits per heavy atom. The lowest BCUT2D eigenvalue weighted by molar-refractivity contribution is -0.134. The van der Waals surface area contributed by atoms with Crippen molar-refractivity contribution in [3.05, 3.63) is 24.3 Å². The summed E-state index contributed by atoms with van der Waals surface area (Å²) in [6.07, 6.45) is 0. The van der Waals surface area contributed by atoms with Gasteiger partial charge in [-0.3, -0.25) is 9.52 Å². The molecule has 11 heteroatoms. The van der Waals surface area contributed by atoms with Gasteiger partial charge in [-0.15, -0.1) is 0 Å². The molecule has 0 amide bonds. The molecule has 0 heterocycles. The number of sulfonamides is 1. The Bertz CT molecular complexity index is 696. The third kappa shape index (κ3) is 4.13. The van der Waals surface area contributed by atoms with Gasteiger partial charge in [0.1, 0.15) is 0 Å². The second-order valence-electron chi connectivity index (χ2n) is 3.58. The maximum absolute atomic E-state index is 12.2. The summed E-state index contributed by atoms with van der Waals surface area (Å²) in [6, 6.07) is 3.46. The highest BCUT2D eigenvalue weighted by Crippen LogP contribution is 2.20. The van der Waals surface area contributed by atoms with E-state index in [0.717, 1.165) is 24.3 Å². The molecule has 0 saturated carbocycles. The van der Waals surface area contributed by atoms with Crippen molar-refractivity contribution in [2.45, 2.75) is 10.7 Å². The lowest BCUT2D eigenvalue weighted by atomic mass is 10.3. The number of halogens is 2. The summed E-state index contributed by atoms with van der Waals surface area (Å²) in [5, 5.41) is 8.36. The number of benzene rings is 1.